The number of nitrogens with one attached hydrogen (secondary N) is 2. The molecule has 2 aromatic rings. The first-order chi connectivity index (χ1) is 13.7. The fourth-order valence-electron chi connectivity index (χ4n) is 3.48. The molecule has 1 saturated heterocycles. The summed E-state index contributed by atoms with van der Waals surface area (Å²) in [6, 6.07) is 17.3. The summed E-state index contributed by atoms with van der Waals surface area (Å²) in [5.41, 5.74) is 2.15. The summed E-state index contributed by atoms with van der Waals surface area (Å²) in [6.07, 6.45) is 0. The number of guanidine groups is 1. The molecule has 2 unspecified atom stereocenters. The molecule has 0 amide bonds. The monoisotopic (exact) mass is 512 g/mol. The number of nitrogens with zero attached hydrogens (tertiary/aromatic N) is 2. The zero-order valence-corrected chi connectivity index (χ0v) is 19.3. The lowest BCUT2D eigenvalue weighted by Gasteiger charge is -2.35. The van der Waals surface area contributed by atoms with Crippen molar-refractivity contribution >= 4 is 29.9 Å². The van der Waals surface area contributed by atoms with Gasteiger partial charge in [-0.05, 0) is 30.2 Å². The number of benzene rings is 2. The van der Waals surface area contributed by atoms with Crippen LogP contribution in [0.5, 0.6) is 0 Å². The predicted octanol–water partition coefficient (Wildman–Crippen LogP) is 3.74. The van der Waals surface area contributed by atoms with Gasteiger partial charge in [0.15, 0.2) is 5.96 Å². The lowest BCUT2D eigenvalue weighted by atomic mass is 10.0. The van der Waals surface area contributed by atoms with E-state index in [1.807, 2.05) is 24.3 Å². The van der Waals surface area contributed by atoms with Gasteiger partial charge in [-0.3, -0.25) is 9.89 Å². The highest BCUT2D eigenvalue weighted by molar-refractivity contribution is 14.0. The van der Waals surface area contributed by atoms with Crippen molar-refractivity contribution in [3.8, 4) is 0 Å². The van der Waals surface area contributed by atoms with Crippen LogP contribution in [0.3, 0.4) is 0 Å². The van der Waals surface area contributed by atoms with Crippen molar-refractivity contribution < 1.29 is 9.13 Å². The van der Waals surface area contributed by atoms with Crippen LogP contribution in [-0.4, -0.2) is 50.8 Å². The lowest BCUT2D eigenvalue weighted by Crippen LogP contribution is -2.46. The molecule has 2 N–H and O–H groups in total. The Balaban J connectivity index is 0.00000300. The molecule has 5 nitrogen and oxygen atoms in total. The molecule has 29 heavy (non-hydrogen) atoms. The fraction of sp³-hybridized carbons (Fsp3) is 0.409. The molecule has 0 bridgehead atoms. The average molecular weight is 512 g/mol. The van der Waals surface area contributed by atoms with E-state index in [-0.39, 0.29) is 41.9 Å². The molecular weight excluding hydrogens is 482 g/mol. The second kappa shape index (κ2) is 12.1. The number of morpholine rings is 1. The van der Waals surface area contributed by atoms with Gasteiger partial charge in [0.2, 0.25) is 0 Å². The Labute approximate surface area is 189 Å². The highest BCUT2D eigenvalue weighted by atomic mass is 127. The molecule has 0 aromatic heterocycles. The van der Waals surface area contributed by atoms with E-state index in [9.17, 15) is 4.39 Å². The zero-order valence-electron chi connectivity index (χ0n) is 17.0. The van der Waals surface area contributed by atoms with Crippen LogP contribution in [0.4, 0.5) is 4.39 Å². The SMILES string of the molecule is CN=C(NCC(c1cccc(F)c1)N1CCOCC1)NC(C)c1ccccc1.I. The van der Waals surface area contributed by atoms with Gasteiger partial charge < -0.3 is 15.4 Å². The van der Waals surface area contributed by atoms with E-state index in [1.54, 1.807) is 19.2 Å². The van der Waals surface area contributed by atoms with Crippen LogP contribution in [0.1, 0.15) is 30.1 Å². The quantitative estimate of drug-likeness (QED) is 0.352. The number of aliphatic imine (C=N–C) groups is 1. The van der Waals surface area contributed by atoms with Gasteiger partial charge in [0, 0.05) is 26.7 Å². The van der Waals surface area contributed by atoms with Crippen LogP contribution >= 0.6 is 24.0 Å². The molecule has 3 rings (SSSR count). The van der Waals surface area contributed by atoms with Gasteiger partial charge in [-0.15, -0.1) is 24.0 Å². The van der Waals surface area contributed by atoms with Crippen molar-refractivity contribution in [2.75, 3.05) is 39.9 Å². The van der Waals surface area contributed by atoms with Gasteiger partial charge in [-0.25, -0.2) is 4.39 Å². The molecule has 0 saturated carbocycles. The second-order valence-electron chi connectivity index (χ2n) is 6.95. The van der Waals surface area contributed by atoms with E-state index < -0.39 is 0 Å². The molecule has 1 aliphatic heterocycles. The van der Waals surface area contributed by atoms with Gasteiger partial charge in [-0.1, -0.05) is 42.5 Å². The molecule has 2 aromatic carbocycles. The summed E-state index contributed by atoms with van der Waals surface area (Å²) in [7, 11) is 1.76. The van der Waals surface area contributed by atoms with Gasteiger partial charge in [-0.2, -0.15) is 0 Å². The van der Waals surface area contributed by atoms with Crippen LogP contribution in [0.2, 0.25) is 0 Å². The zero-order chi connectivity index (χ0) is 19.8. The van der Waals surface area contributed by atoms with E-state index in [2.05, 4.69) is 39.6 Å². The van der Waals surface area contributed by atoms with Crippen molar-refractivity contribution in [3.63, 3.8) is 0 Å². The maximum Gasteiger partial charge on any atom is 0.191 e. The molecule has 2 atom stereocenters. The van der Waals surface area contributed by atoms with E-state index in [1.165, 1.54) is 11.6 Å². The summed E-state index contributed by atoms with van der Waals surface area (Å²) in [5, 5.41) is 6.85. The van der Waals surface area contributed by atoms with Crippen molar-refractivity contribution in [1.29, 1.82) is 0 Å². The van der Waals surface area contributed by atoms with Crippen molar-refractivity contribution in [2.24, 2.45) is 4.99 Å². The summed E-state index contributed by atoms with van der Waals surface area (Å²) < 4.78 is 19.3. The van der Waals surface area contributed by atoms with Gasteiger partial charge in [0.1, 0.15) is 5.82 Å². The Kier molecular flexibility index (Phi) is 9.83. The molecule has 1 heterocycles. The summed E-state index contributed by atoms with van der Waals surface area (Å²) in [5.74, 6) is 0.516. The molecular formula is C22H30FIN4O. The van der Waals surface area contributed by atoms with Gasteiger partial charge in [0.05, 0.1) is 25.3 Å². The Bertz CT molecular complexity index is 768. The Hall–Kier alpha value is -1.71. The molecule has 1 aliphatic rings. The molecule has 0 spiro atoms. The van der Waals surface area contributed by atoms with Crippen LogP contribution in [0.15, 0.2) is 59.6 Å². The fourth-order valence-corrected chi connectivity index (χ4v) is 3.48. The van der Waals surface area contributed by atoms with Crippen molar-refractivity contribution in [1.82, 2.24) is 15.5 Å². The Morgan fingerprint density at radius 1 is 1.10 bits per heavy atom. The third-order valence-corrected chi connectivity index (χ3v) is 5.06. The van der Waals surface area contributed by atoms with Crippen LogP contribution in [-0.2, 0) is 4.74 Å². The number of hydrogen-bond donors (Lipinski definition) is 2. The van der Waals surface area contributed by atoms with Crippen molar-refractivity contribution in [2.45, 2.75) is 19.0 Å². The van der Waals surface area contributed by atoms with E-state index in [0.717, 1.165) is 24.6 Å². The van der Waals surface area contributed by atoms with Gasteiger partial charge in [0.25, 0.3) is 0 Å². The maximum atomic E-state index is 13.8. The molecule has 0 aliphatic carbocycles. The minimum Gasteiger partial charge on any atom is -0.379 e. The Morgan fingerprint density at radius 3 is 2.45 bits per heavy atom. The molecule has 7 heteroatoms. The maximum absolute atomic E-state index is 13.8. The van der Waals surface area contributed by atoms with Crippen LogP contribution in [0, 0.1) is 5.82 Å². The van der Waals surface area contributed by atoms with Crippen LogP contribution in [0.25, 0.3) is 0 Å². The van der Waals surface area contributed by atoms with Gasteiger partial charge >= 0.3 is 0 Å². The first kappa shape index (κ1) is 23.6. The van der Waals surface area contributed by atoms with E-state index in [4.69, 9.17) is 4.74 Å². The number of halogens is 2. The standard InChI is InChI=1S/C22H29FN4O.HI/c1-17(18-7-4-3-5-8-18)26-22(24-2)25-16-21(27-11-13-28-14-12-27)19-9-6-10-20(23)15-19;/h3-10,15,17,21H,11-14,16H2,1-2H3,(H2,24,25,26);1H. The third-order valence-electron chi connectivity index (χ3n) is 5.06. The Morgan fingerprint density at radius 2 is 1.79 bits per heavy atom. The third kappa shape index (κ3) is 6.94. The minimum absolute atomic E-state index is 0. The largest absolute Gasteiger partial charge is 0.379 e. The molecule has 158 valence electrons. The summed E-state index contributed by atoms with van der Waals surface area (Å²) in [4.78, 5) is 6.69. The average Bonchev–Trinajstić information content (AvgIpc) is 2.74. The lowest BCUT2D eigenvalue weighted by molar-refractivity contribution is 0.0169. The molecule has 1 fully saturated rings. The second-order valence-corrected chi connectivity index (χ2v) is 6.95. The van der Waals surface area contributed by atoms with Crippen molar-refractivity contribution in [3.05, 3.63) is 71.5 Å². The molecule has 0 radical (unpaired) electrons. The van der Waals surface area contributed by atoms with E-state index in [0.29, 0.717) is 19.8 Å². The number of ether oxygens (including phenoxy) is 1. The van der Waals surface area contributed by atoms with E-state index >= 15 is 0 Å². The summed E-state index contributed by atoms with van der Waals surface area (Å²) in [6.45, 7) is 5.79. The highest BCUT2D eigenvalue weighted by Crippen LogP contribution is 2.22. The predicted molar refractivity (Wildman–Crippen MR) is 126 cm³/mol. The summed E-state index contributed by atoms with van der Waals surface area (Å²) >= 11 is 0. The topological polar surface area (TPSA) is 48.9 Å². The number of rotatable bonds is 6. The smallest absolute Gasteiger partial charge is 0.191 e. The minimum atomic E-state index is -0.212. The first-order valence-electron chi connectivity index (χ1n) is 9.77. The highest BCUT2D eigenvalue weighted by Gasteiger charge is 2.23. The van der Waals surface area contributed by atoms with Crippen LogP contribution < -0.4 is 10.6 Å². The first-order valence-corrected chi connectivity index (χ1v) is 9.77. The normalized spacial score (nSPS) is 17.1. The number of hydrogen-bond acceptors (Lipinski definition) is 3.